The van der Waals surface area contributed by atoms with Crippen LogP contribution in [0.3, 0.4) is 0 Å². The first kappa shape index (κ1) is 15.1. The van der Waals surface area contributed by atoms with Gasteiger partial charge >= 0.3 is 0 Å². The number of carbonyl (C=O) groups is 1. The van der Waals surface area contributed by atoms with Gasteiger partial charge in [0.25, 0.3) is 5.89 Å². The lowest BCUT2D eigenvalue weighted by Crippen LogP contribution is -2.00. The number of hydrogen-bond acceptors (Lipinski definition) is 5. The Morgan fingerprint density at radius 1 is 0.960 bits per heavy atom. The fraction of sp³-hybridized carbons (Fsp3) is 0.0500. The van der Waals surface area contributed by atoms with Gasteiger partial charge < -0.3 is 9.26 Å². The predicted molar refractivity (Wildman–Crippen MR) is 93.4 cm³/mol. The Labute approximate surface area is 143 Å². The number of ether oxygens (including phenoxy) is 1. The fourth-order valence-corrected chi connectivity index (χ4v) is 2.68. The van der Waals surface area contributed by atoms with E-state index in [9.17, 15) is 4.79 Å². The van der Waals surface area contributed by atoms with Crippen LogP contribution < -0.4 is 4.74 Å². The maximum absolute atomic E-state index is 11.5. The first-order chi connectivity index (χ1) is 12.3. The minimum atomic E-state index is 0.121. The van der Waals surface area contributed by atoms with E-state index in [4.69, 9.17) is 9.26 Å². The molecule has 0 saturated heterocycles. The molecule has 0 fully saturated rings. The number of aromatic nitrogens is 2. The van der Waals surface area contributed by atoms with E-state index < -0.39 is 0 Å². The van der Waals surface area contributed by atoms with Gasteiger partial charge in [0.2, 0.25) is 5.82 Å². The highest BCUT2D eigenvalue weighted by atomic mass is 16.5. The molecule has 0 bridgehead atoms. The molecule has 25 heavy (non-hydrogen) atoms. The Morgan fingerprint density at radius 2 is 1.76 bits per heavy atom. The van der Waals surface area contributed by atoms with Crippen LogP contribution in [0.1, 0.15) is 16.2 Å². The average Bonchev–Trinajstić information content (AvgIpc) is 3.15. The lowest BCUT2D eigenvalue weighted by molar-refractivity contribution is 0.112. The quantitative estimate of drug-likeness (QED) is 0.511. The molecular weight excluding hydrogens is 316 g/mol. The zero-order valence-corrected chi connectivity index (χ0v) is 13.3. The normalized spacial score (nSPS) is 10.7. The molecule has 0 aliphatic carbocycles. The van der Waals surface area contributed by atoms with Crippen LogP contribution in [-0.2, 0) is 6.61 Å². The number of benzene rings is 3. The molecule has 4 aromatic rings. The molecule has 5 nitrogen and oxygen atoms in total. The van der Waals surface area contributed by atoms with Gasteiger partial charge in [-0.15, -0.1) is 0 Å². The van der Waals surface area contributed by atoms with Crippen LogP contribution in [0, 0.1) is 0 Å². The fourth-order valence-electron chi connectivity index (χ4n) is 2.68. The van der Waals surface area contributed by atoms with E-state index in [1.165, 1.54) is 0 Å². The number of carbonyl (C=O) groups excluding carboxylic acids is 1. The molecule has 0 unspecified atom stereocenters. The van der Waals surface area contributed by atoms with Crippen molar-refractivity contribution in [3.63, 3.8) is 0 Å². The number of aldehydes is 1. The molecular formula is C20H14N2O3. The van der Waals surface area contributed by atoms with E-state index in [0.29, 0.717) is 23.0 Å². The summed E-state index contributed by atoms with van der Waals surface area (Å²) in [6.07, 6.45) is 0.809. The molecule has 0 aliphatic heterocycles. The highest BCUT2D eigenvalue weighted by Crippen LogP contribution is 2.27. The van der Waals surface area contributed by atoms with Gasteiger partial charge in [0, 0.05) is 5.56 Å². The molecule has 1 heterocycles. The zero-order chi connectivity index (χ0) is 17.1. The van der Waals surface area contributed by atoms with Crippen LogP contribution >= 0.6 is 0 Å². The summed E-state index contributed by atoms with van der Waals surface area (Å²) < 4.78 is 11.0. The molecule has 0 amide bonds. The third kappa shape index (κ3) is 2.99. The van der Waals surface area contributed by atoms with Gasteiger partial charge in [-0.3, -0.25) is 4.79 Å². The third-order valence-corrected chi connectivity index (χ3v) is 3.89. The molecule has 4 rings (SSSR count). The molecule has 0 spiro atoms. The molecule has 0 aliphatic rings. The predicted octanol–water partition coefficient (Wildman–Crippen LogP) is 4.28. The van der Waals surface area contributed by atoms with Crippen molar-refractivity contribution >= 4 is 17.1 Å². The van der Waals surface area contributed by atoms with Crippen molar-refractivity contribution in [2.24, 2.45) is 0 Å². The third-order valence-electron chi connectivity index (χ3n) is 3.89. The highest BCUT2D eigenvalue weighted by molar-refractivity contribution is 6.00. The van der Waals surface area contributed by atoms with Crippen molar-refractivity contribution < 1.29 is 14.1 Å². The summed E-state index contributed by atoms with van der Waals surface area (Å²) in [6, 6.07) is 20.9. The Kier molecular flexibility index (Phi) is 3.96. The summed E-state index contributed by atoms with van der Waals surface area (Å²) in [5.74, 6) is 1.36. The van der Waals surface area contributed by atoms with Crippen molar-refractivity contribution in [1.82, 2.24) is 10.1 Å². The lowest BCUT2D eigenvalue weighted by Gasteiger charge is -2.09. The largest absolute Gasteiger partial charge is 0.485 e. The molecule has 1 aromatic heterocycles. The number of nitrogens with zero attached hydrogens (tertiary/aromatic N) is 2. The van der Waals surface area contributed by atoms with Gasteiger partial charge in [0.15, 0.2) is 12.9 Å². The molecule has 3 aromatic carbocycles. The summed E-state index contributed by atoms with van der Waals surface area (Å²) in [7, 11) is 0. The van der Waals surface area contributed by atoms with Crippen molar-refractivity contribution in [2.75, 3.05) is 0 Å². The van der Waals surface area contributed by atoms with Gasteiger partial charge in [-0.2, -0.15) is 4.98 Å². The molecule has 5 heteroatoms. The van der Waals surface area contributed by atoms with Gasteiger partial charge in [-0.05, 0) is 29.0 Å². The van der Waals surface area contributed by atoms with Crippen LogP contribution in [0.4, 0.5) is 0 Å². The molecule has 0 N–H and O–H groups in total. The standard InChI is InChI=1S/C20H14N2O3/c23-12-17-16-9-5-4-6-14(16)10-11-18(17)24-13-19-21-20(25-22-19)15-7-2-1-3-8-15/h1-12H,13H2. The first-order valence-corrected chi connectivity index (χ1v) is 7.83. The Balaban J connectivity index is 1.57. The molecule has 0 radical (unpaired) electrons. The summed E-state index contributed by atoms with van der Waals surface area (Å²) in [4.78, 5) is 15.8. The minimum Gasteiger partial charge on any atom is -0.485 e. The van der Waals surface area contributed by atoms with Crippen molar-refractivity contribution in [3.05, 3.63) is 78.1 Å². The smallest absolute Gasteiger partial charge is 0.258 e. The van der Waals surface area contributed by atoms with Crippen LogP contribution in [-0.4, -0.2) is 16.4 Å². The van der Waals surface area contributed by atoms with E-state index >= 15 is 0 Å². The molecule has 0 atom stereocenters. The Bertz CT molecular complexity index is 1030. The highest BCUT2D eigenvalue weighted by Gasteiger charge is 2.12. The van der Waals surface area contributed by atoms with Crippen molar-refractivity contribution in [3.8, 4) is 17.2 Å². The van der Waals surface area contributed by atoms with Gasteiger partial charge in [0.1, 0.15) is 5.75 Å². The Morgan fingerprint density at radius 3 is 2.60 bits per heavy atom. The number of fused-ring (bicyclic) bond motifs is 1. The summed E-state index contributed by atoms with van der Waals surface area (Å²) >= 11 is 0. The van der Waals surface area contributed by atoms with E-state index in [0.717, 1.165) is 22.6 Å². The topological polar surface area (TPSA) is 65.2 Å². The lowest BCUT2D eigenvalue weighted by atomic mass is 10.0. The number of hydrogen-bond donors (Lipinski definition) is 0. The van der Waals surface area contributed by atoms with Crippen molar-refractivity contribution in [1.29, 1.82) is 0 Å². The maximum atomic E-state index is 11.5. The second kappa shape index (κ2) is 6.57. The van der Waals surface area contributed by atoms with Gasteiger partial charge in [-0.1, -0.05) is 53.7 Å². The van der Waals surface area contributed by atoms with Crippen molar-refractivity contribution in [2.45, 2.75) is 6.61 Å². The van der Waals surface area contributed by atoms with Crippen LogP contribution in [0.25, 0.3) is 22.2 Å². The van der Waals surface area contributed by atoms with Gasteiger partial charge in [0.05, 0.1) is 5.56 Å². The van der Waals surface area contributed by atoms with Crippen LogP contribution in [0.15, 0.2) is 71.3 Å². The number of rotatable bonds is 5. The minimum absolute atomic E-state index is 0.121. The van der Waals surface area contributed by atoms with Crippen LogP contribution in [0.5, 0.6) is 5.75 Å². The molecule has 122 valence electrons. The maximum Gasteiger partial charge on any atom is 0.258 e. The summed E-state index contributed by atoms with van der Waals surface area (Å²) in [5, 5.41) is 5.77. The SMILES string of the molecule is O=Cc1c(OCc2noc(-c3ccccc3)n2)ccc2ccccc12. The second-order valence-electron chi connectivity index (χ2n) is 5.49. The molecule has 0 saturated carbocycles. The second-order valence-corrected chi connectivity index (χ2v) is 5.49. The van der Waals surface area contributed by atoms with E-state index in [2.05, 4.69) is 10.1 Å². The van der Waals surface area contributed by atoms with E-state index in [1.807, 2.05) is 60.7 Å². The van der Waals surface area contributed by atoms with Gasteiger partial charge in [-0.25, -0.2) is 0 Å². The van der Waals surface area contributed by atoms with E-state index in [-0.39, 0.29) is 6.61 Å². The first-order valence-electron chi connectivity index (χ1n) is 7.83. The zero-order valence-electron chi connectivity index (χ0n) is 13.3. The van der Waals surface area contributed by atoms with Crippen LogP contribution in [0.2, 0.25) is 0 Å². The van der Waals surface area contributed by atoms with E-state index in [1.54, 1.807) is 6.07 Å². The monoisotopic (exact) mass is 330 g/mol. The Hall–Kier alpha value is -3.47. The summed E-state index contributed by atoms with van der Waals surface area (Å²) in [6.45, 7) is 0.121. The summed E-state index contributed by atoms with van der Waals surface area (Å²) in [5.41, 5.74) is 1.37. The average molecular weight is 330 g/mol.